The molecule has 0 saturated carbocycles. The minimum absolute atomic E-state index is 0.0508. The Balaban J connectivity index is 1.61. The Morgan fingerprint density at radius 3 is 2.43 bits per heavy atom. The van der Waals surface area contributed by atoms with E-state index in [0.29, 0.717) is 12.0 Å². The van der Waals surface area contributed by atoms with Gasteiger partial charge in [0.15, 0.2) is 11.7 Å². The van der Waals surface area contributed by atoms with Gasteiger partial charge in [0.1, 0.15) is 4.90 Å². The number of halogens is 3. The van der Waals surface area contributed by atoms with Crippen LogP contribution in [0.1, 0.15) is 24.1 Å². The van der Waals surface area contributed by atoms with Crippen LogP contribution in [0.5, 0.6) is 0 Å². The third kappa shape index (κ3) is 5.50. The Hall–Kier alpha value is -4.14. The number of benzene rings is 2. The van der Waals surface area contributed by atoms with E-state index in [2.05, 4.69) is 14.7 Å². The first-order valence-corrected chi connectivity index (χ1v) is 12.2. The van der Waals surface area contributed by atoms with Gasteiger partial charge in [-0.25, -0.2) is 13.8 Å². The number of rotatable bonds is 7. The molecule has 1 aromatic heterocycles. The minimum Gasteiger partial charge on any atom is -0.569 e. The van der Waals surface area contributed by atoms with E-state index in [1.54, 1.807) is 24.3 Å². The van der Waals surface area contributed by atoms with Crippen LogP contribution in [0.4, 0.5) is 13.2 Å². The lowest BCUT2D eigenvalue weighted by atomic mass is 10.1. The molecule has 2 aromatic carbocycles. The molecule has 37 heavy (non-hydrogen) atoms. The zero-order valence-corrected chi connectivity index (χ0v) is 20.0. The first-order chi connectivity index (χ1) is 17.4. The van der Waals surface area contributed by atoms with Gasteiger partial charge in [-0.15, -0.1) is 5.01 Å². The van der Waals surface area contributed by atoms with E-state index in [0.717, 1.165) is 33.5 Å². The van der Waals surface area contributed by atoms with E-state index in [9.17, 15) is 31.6 Å². The Morgan fingerprint density at radius 2 is 1.84 bits per heavy atom. The third-order valence-corrected chi connectivity index (χ3v) is 6.76. The maximum Gasteiger partial charge on any atom is 0.435 e. The molecule has 0 amide bonds. The topological polar surface area (TPSA) is 140 Å². The van der Waals surface area contributed by atoms with Crippen molar-refractivity contribution in [3.63, 3.8) is 0 Å². The molecule has 4 rings (SSSR count). The summed E-state index contributed by atoms with van der Waals surface area (Å²) in [7, 11) is -4.60. The van der Waals surface area contributed by atoms with E-state index in [1.807, 2.05) is 6.92 Å². The summed E-state index contributed by atoms with van der Waals surface area (Å²) in [4.78, 5) is 10.5. The second kappa shape index (κ2) is 9.72. The lowest BCUT2D eigenvalue weighted by Crippen LogP contribution is -2.40. The van der Waals surface area contributed by atoms with E-state index >= 15 is 0 Å². The van der Waals surface area contributed by atoms with E-state index in [-0.39, 0.29) is 29.3 Å². The van der Waals surface area contributed by atoms with Crippen LogP contribution in [-0.4, -0.2) is 51.8 Å². The molecule has 1 aliphatic heterocycles. The molecular formula is C22H20F3N5O6S. The molecule has 1 fully saturated rings. The number of carboxylic acids is 1. The maximum absolute atomic E-state index is 13.4. The van der Waals surface area contributed by atoms with Crippen molar-refractivity contribution in [2.24, 2.45) is 5.28 Å². The predicted molar refractivity (Wildman–Crippen MR) is 120 cm³/mol. The second-order valence-electron chi connectivity index (χ2n) is 8.21. The third-order valence-electron chi connectivity index (χ3n) is 5.65. The van der Waals surface area contributed by atoms with Crippen molar-refractivity contribution in [2.45, 2.75) is 36.9 Å². The van der Waals surface area contributed by atoms with Gasteiger partial charge in [-0.2, -0.15) is 26.7 Å². The smallest absolute Gasteiger partial charge is 0.435 e. The number of alkyl halides is 3. The zero-order valence-electron chi connectivity index (χ0n) is 19.2. The molecule has 1 atom stereocenters. The monoisotopic (exact) mass is 539 g/mol. The highest BCUT2D eigenvalue weighted by Crippen LogP contribution is 2.33. The van der Waals surface area contributed by atoms with Gasteiger partial charge in [-0.05, 0) is 50.1 Å². The predicted octanol–water partition coefficient (Wildman–Crippen LogP) is 3.91. The summed E-state index contributed by atoms with van der Waals surface area (Å²) in [5, 5.41) is 28.6. The van der Waals surface area contributed by atoms with Gasteiger partial charge in [0.2, 0.25) is 0 Å². The molecule has 3 aromatic rings. The van der Waals surface area contributed by atoms with Gasteiger partial charge in [0.25, 0.3) is 5.28 Å². The molecular weight excluding hydrogens is 519 g/mol. The highest BCUT2D eigenvalue weighted by molar-refractivity contribution is 7.86. The summed E-state index contributed by atoms with van der Waals surface area (Å²) in [6, 6.07) is 11.0. The highest BCUT2D eigenvalue weighted by atomic mass is 32.2. The number of aromatic nitrogens is 2. The summed E-state index contributed by atoms with van der Waals surface area (Å²) < 4.78 is 70.6. The quantitative estimate of drug-likeness (QED) is 0.271. The number of hydrogen-bond acceptors (Lipinski definition) is 7. The molecule has 0 bridgehead atoms. The number of nitrogens with zero attached hydrogens (tertiary/aromatic N) is 5. The summed E-state index contributed by atoms with van der Waals surface area (Å²) in [5.41, 5.74) is 0.512. The zero-order chi connectivity index (χ0) is 27.0. The van der Waals surface area contributed by atoms with Crippen molar-refractivity contribution in [1.29, 1.82) is 0 Å². The van der Waals surface area contributed by atoms with Crippen molar-refractivity contribution >= 4 is 16.1 Å². The molecule has 1 N–H and O–H groups in total. The van der Waals surface area contributed by atoms with Crippen LogP contribution in [0.25, 0.3) is 16.9 Å². The molecule has 11 nitrogen and oxygen atoms in total. The van der Waals surface area contributed by atoms with Gasteiger partial charge in [0.05, 0.1) is 22.9 Å². The molecule has 1 saturated heterocycles. The average Bonchev–Trinajstić information content (AvgIpc) is 3.51. The number of aliphatic carboxylic acids is 1. The van der Waals surface area contributed by atoms with E-state index < -0.39 is 38.9 Å². The summed E-state index contributed by atoms with van der Waals surface area (Å²) in [5.74, 6) is -1.26. The summed E-state index contributed by atoms with van der Waals surface area (Å²) in [6.45, 7) is 1.88. The normalized spacial score (nSPS) is 16.7. The van der Waals surface area contributed by atoms with Crippen LogP contribution in [0.15, 0.2) is 64.8 Å². The standard InChI is InChI=1S/C22H20F3N5O6S/c1-14-4-6-15(7-5-14)19-13-20(22(23,24)25)26-29(19)16-8-10-17(11-9-16)37(34,35)36-27-30(33)28-12-2-3-18(28)21(31)32/h4-11,13,18H,2-3,12H2,1H3,(H,31,32)/b30-27-. The molecule has 0 radical (unpaired) electrons. The van der Waals surface area contributed by atoms with Gasteiger partial charge < -0.3 is 10.3 Å². The average molecular weight is 539 g/mol. The highest BCUT2D eigenvalue weighted by Gasteiger charge is 2.37. The van der Waals surface area contributed by atoms with Gasteiger partial charge in [-0.3, -0.25) is 0 Å². The fraction of sp³-hybridized carbons (Fsp3) is 0.273. The SMILES string of the molecule is Cc1ccc(-c2cc(C(F)(F)F)nn2-c2ccc(S(=O)(=O)O/N=[N+](\[O-])N3CCCC3C(=O)O)cc2)cc1. The van der Waals surface area contributed by atoms with Crippen LogP contribution in [0.2, 0.25) is 0 Å². The minimum atomic E-state index is -4.71. The van der Waals surface area contributed by atoms with E-state index in [1.165, 1.54) is 12.1 Å². The van der Waals surface area contributed by atoms with Gasteiger partial charge in [0, 0.05) is 5.56 Å². The first-order valence-electron chi connectivity index (χ1n) is 10.8. The maximum atomic E-state index is 13.4. The molecule has 2 heterocycles. The van der Waals surface area contributed by atoms with Crippen LogP contribution < -0.4 is 0 Å². The number of hydrogen-bond donors (Lipinski definition) is 1. The molecule has 196 valence electrons. The lowest BCUT2D eigenvalue weighted by Gasteiger charge is -2.16. The fourth-order valence-corrected chi connectivity index (χ4v) is 4.47. The largest absolute Gasteiger partial charge is 0.569 e. The second-order valence-corrected chi connectivity index (χ2v) is 9.74. The molecule has 15 heteroatoms. The molecule has 1 aliphatic rings. The van der Waals surface area contributed by atoms with Gasteiger partial charge >= 0.3 is 22.3 Å². The Kier molecular flexibility index (Phi) is 6.82. The molecule has 1 unspecified atom stereocenters. The number of carboxylic acid groups (broad SMARTS) is 1. The van der Waals surface area contributed by atoms with E-state index in [4.69, 9.17) is 5.11 Å². The Morgan fingerprint density at radius 1 is 1.19 bits per heavy atom. The van der Waals surface area contributed by atoms with Crippen LogP contribution in [0, 0.1) is 12.1 Å². The van der Waals surface area contributed by atoms with Gasteiger partial charge in [-0.1, -0.05) is 29.8 Å². The van der Waals surface area contributed by atoms with Crippen molar-refractivity contribution in [3.8, 4) is 16.9 Å². The van der Waals surface area contributed by atoms with Crippen LogP contribution >= 0.6 is 0 Å². The van der Waals surface area contributed by atoms with Crippen molar-refractivity contribution in [3.05, 3.63) is 71.1 Å². The lowest BCUT2D eigenvalue weighted by molar-refractivity contribution is -0.708. The number of aryl methyl sites for hydroxylation is 1. The Bertz CT molecular complexity index is 1440. The van der Waals surface area contributed by atoms with Crippen LogP contribution in [-0.2, 0) is 25.4 Å². The van der Waals surface area contributed by atoms with Crippen molar-refractivity contribution < 1.29 is 40.7 Å². The van der Waals surface area contributed by atoms with Crippen molar-refractivity contribution in [2.75, 3.05) is 6.54 Å². The number of carbonyl (C=O) groups is 1. The summed E-state index contributed by atoms with van der Waals surface area (Å²) in [6.07, 6.45) is -4.12. The summed E-state index contributed by atoms with van der Waals surface area (Å²) >= 11 is 0. The van der Waals surface area contributed by atoms with Crippen molar-refractivity contribution in [1.82, 2.24) is 14.8 Å². The van der Waals surface area contributed by atoms with Crippen LogP contribution in [0.3, 0.4) is 0 Å². The molecule has 0 spiro atoms. The number of hydrazine groups is 1. The Labute approximate surface area is 208 Å². The first kappa shape index (κ1) is 25.9. The fourth-order valence-electron chi connectivity index (χ4n) is 3.77. The molecule has 0 aliphatic carbocycles.